The van der Waals surface area contributed by atoms with Crippen LogP contribution >= 0.6 is 0 Å². The van der Waals surface area contributed by atoms with Gasteiger partial charge >= 0.3 is 0 Å². The standard InChI is InChI=1S/C13H17N5O/c1-4-10-7-5-6-9(2)13(10)14-12(19)8-11-15-16-17-18(11)3/h5-7H,4,8H2,1-3H3,(H,14,19). The molecule has 100 valence electrons. The highest BCUT2D eigenvalue weighted by Crippen LogP contribution is 2.21. The molecule has 0 aliphatic heterocycles. The average Bonchev–Trinajstić information content (AvgIpc) is 2.77. The number of nitrogens with one attached hydrogen (secondary N) is 1. The van der Waals surface area contributed by atoms with E-state index in [1.165, 1.54) is 4.68 Å². The molecule has 2 rings (SSSR count). The number of anilines is 1. The van der Waals surface area contributed by atoms with E-state index in [2.05, 4.69) is 27.8 Å². The van der Waals surface area contributed by atoms with E-state index < -0.39 is 0 Å². The second kappa shape index (κ2) is 5.60. The molecule has 0 saturated heterocycles. The first-order chi connectivity index (χ1) is 9.11. The van der Waals surface area contributed by atoms with E-state index in [4.69, 9.17) is 0 Å². The number of rotatable bonds is 4. The molecular weight excluding hydrogens is 242 g/mol. The van der Waals surface area contributed by atoms with Crippen LogP contribution in [0, 0.1) is 6.92 Å². The van der Waals surface area contributed by atoms with Crippen LogP contribution in [0.5, 0.6) is 0 Å². The highest BCUT2D eigenvalue weighted by molar-refractivity contribution is 5.93. The number of tetrazole rings is 1. The monoisotopic (exact) mass is 259 g/mol. The Balaban J connectivity index is 2.13. The van der Waals surface area contributed by atoms with Crippen molar-refractivity contribution in [3.05, 3.63) is 35.2 Å². The zero-order chi connectivity index (χ0) is 13.8. The van der Waals surface area contributed by atoms with Gasteiger partial charge in [0.15, 0.2) is 5.82 Å². The van der Waals surface area contributed by atoms with E-state index in [0.717, 1.165) is 23.2 Å². The fraction of sp³-hybridized carbons (Fsp3) is 0.385. The molecule has 0 saturated carbocycles. The first kappa shape index (κ1) is 13.2. The van der Waals surface area contributed by atoms with Gasteiger partial charge in [-0.3, -0.25) is 4.79 Å². The van der Waals surface area contributed by atoms with E-state index >= 15 is 0 Å². The van der Waals surface area contributed by atoms with Crippen LogP contribution in [0.1, 0.15) is 23.9 Å². The van der Waals surface area contributed by atoms with Gasteiger partial charge in [-0.2, -0.15) is 0 Å². The van der Waals surface area contributed by atoms with Gasteiger partial charge < -0.3 is 5.32 Å². The molecule has 0 aliphatic rings. The molecule has 1 amide bonds. The van der Waals surface area contributed by atoms with Crippen LogP contribution in [0.15, 0.2) is 18.2 Å². The van der Waals surface area contributed by atoms with Gasteiger partial charge in [0.05, 0.1) is 6.42 Å². The van der Waals surface area contributed by atoms with Gasteiger partial charge in [-0.25, -0.2) is 4.68 Å². The quantitative estimate of drug-likeness (QED) is 0.897. The summed E-state index contributed by atoms with van der Waals surface area (Å²) in [5, 5.41) is 14.0. The number of amides is 1. The summed E-state index contributed by atoms with van der Waals surface area (Å²) >= 11 is 0. The summed E-state index contributed by atoms with van der Waals surface area (Å²) in [7, 11) is 1.72. The van der Waals surface area contributed by atoms with Crippen LogP contribution in [0.3, 0.4) is 0 Å². The number of para-hydroxylation sites is 1. The zero-order valence-corrected chi connectivity index (χ0v) is 11.3. The van der Waals surface area contributed by atoms with Gasteiger partial charge in [-0.1, -0.05) is 25.1 Å². The van der Waals surface area contributed by atoms with Gasteiger partial charge in [-0.05, 0) is 34.9 Å². The molecule has 0 aliphatic carbocycles. The van der Waals surface area contributed by atoms with Crippen LogP contribution in [-0.4, -0.2) is 26.1 Å². The Labute approximate surface area is 111 Å². The Hall–Kier alpha value is -2.24. The molecule has 6 heteroatoms. The number of carbonyl (C=O) groups excluding carboxylic acids is 1. The Morgan fingerprint density at radius 3 is 2.84 bits per heavy atom. The van der Waals surface area contributed by atoms with Crippen molar-refractivity contribution in [2.75, 3.05) is 5.32 Å². The van der Waals surface area contributed by atoms with Crippen LogP contribution in [-0.2, 0) is 24.7 Å². The van der Waals surface area contributed by atoms with Crippen molar-refractivity contribution in [1.82, 2.24) is 20.2 Å². The average molecular weight is 259 g/mol. The van der Waals surface area contributed by atoms with E-state index in [0.29, 0.717) is 5.82 Å². The third-order valence-corrected chi connectivity index (χ3v) is 3.03. The lowest BCUT2D eigenvalue weighted by atomic mass is 10.1. The fourth-order valence-electron chi connectivity index (χ4n) is 1.93. The second-order valence-corrected chi connectivity index (χ2v) is 4.41. The number of aromatic nitrogens is 4. The summed E-state index contributed by atoms with van der Waals surface area (Å²) < 4.78 is 1.50. The van der Waals surface area contributed by atoms with Crippen molar-refractivity contribution in [3.63, 3.8) is 0 Å². The molecule has 6 nitrogen and oxygen atoms in total. The minimum atomic E-state index is -0.109. The van der Waals surface area contributed by atoms with Crippen LogP contribution in [0.2, 0.25) is 0 Å². The van der Waals surface area contributed by atoms with Crippen molar-refractivity contribution in [3.8, 4) is 0 Å². The third-order valence-electron chi connectivity index (χ3n) is 3.03. The number of carbonyl (C=O) groups is 1. The predicted octanol–water partition coefficient (Wildman–Crippen LogP) is 1.26. The molecular formula is C13H17N5O. The highest BCUT2D eigenvalue weighted by atomic mass is 16.1. The van der Waals surface area contributed by atoms with Crippen LogP contribution < -0.4 is 5.32 Å². The summed E-state index contributed by atoms with van der Waals surface area (Å²) in [6.45, 7) is 4.05. The molecule has 0 radical (unpaired) electrons. The zero-order valence-electron chi connectivity index (χ0n) is 11.3. The SMILES string of the molecule is CCc1cccc(C)c1NC(=O)Cc1nnnn1C. The number of nitrogens with zero attached hydrogens (tertiary/aromatic N) is 4. The largest absolute Gasteiger partial charge is 0.325 e. The number of benzene rings is 1. The molecule has 2 aromatic rings. The van der Waals surface area contributed by atoms with Crippen LogP contribution in [0.25, 0.3) is 0 Å². The van der Waals surface area contributed by atoms with E-state index in [1.54, 1.807) is 7.05 Å². The third kappa shape index (κ3) is 2.96. The van der Waals surface area contributed by atoms with Crippen molar-refractivity contribution < 1.29 is 4.79 Å². The maximum atomic E-state index is 12.0. The molecule has 1 aromatic heterocycles. The summed E-state index contributed by atoms with van der Waals surface area (Å²) in [5.41, 5.74) is 3.08. The van der Waals surface area contributed by atoms with E-state index in [9.17, 15) is 4.79 Å². The van der Waals surface area contributed by atoms with Crippen molar-refractivity contribution >= 4 is 11.6 Å². The summed E-state index contributed by atoms with van der Waals surface area (Å²) in [6, 6.07) is 6.00. The maximum Gasteiger partial charge on any atom is 0.232 e. The minimum Gasteiger partial charge on any atom is -0.325 e. The smallest absolute Gasteiger partial charge is 0.232 e. The molecule has 0 unspecified atom stereocenters. The second-order valence-electron chi connectivity index (χ2n) is 4.41. The lowest BCUT2D eigenvalue weighted by Crippen LogP contribution is -2.18. The van der Waals surface area contributed by atoms with Gasteiger partial charge in [0.1, 0.15) is 0 Å². The lowest BCUT2D eigenvalue weighted by Gasteiger charge is -2.12. The Kier molecular flexibility index (Phi) is 3.89. The molecule has 0 bridgehead atoms. The normalized spacial score (nSPS) is 10.5. The summed E-state index contributed by atoms with van der Waals surface area (Å²) in [4.78, 5) is 12.0. The molecule has 1 aromatic carbocycles. The Bertz CT molecular complexity index is 590. The van der Waals surface area contributed by atoms with Crippen molar-refractivity contribution in [2.45, 2.75) is 26.7 Å². The summed E-state index contributed by atoms with van der Waals surface area (Å²) in [5.74, 6) is 0.436. The minimum absolute atomic E-state index is 0.109. The lowest BCUT2D eigenvalue weighted by molar-refractivity contribution is -0.115. The Morgan fingerprint density at radius 2 is 2.21 bits per heavy atom. The summed E-state index contributed by atoms with van der Waals surface area (Å²) in [6.07, 6.45) is 1.05. The molecule has 1 heterocycles. The van der Waals surface area contributed by atoms with Crippen LogP contribution in [0.4, 0.5) is 5.69 Å². The fourth-order valence-corrected chi connectivity index (χ4v) is 1.93. The van der Waals surface area contributed by atoms with E-state index in [-0.39, 0.29) is 12.3 Å². The topological polar surface area (TPSA) is 72.7 Å². The Morgan fingerprint density at radius 1 is 1.42 bits per heavy atom. The van der Waals surface area contributed by atoms with Crippen molar-refractivity contribution in [1.29, 1.82) is 0 Å². The molecule has 1 N–H and O–H groups in total. The van der Waals surface area contributed by atoms with Gasteiger partial charge in [0.25, 0.3) is 0 Å². The van der Waals surface area contributed by atoms with Gasteiger partial charge in [0.2, 0.25) is 5.91 Å². The number of aryl methyl sites for hydroxylation is 3. The number of hydrogen-bond donors (Lipinski definition) is 1. The first-order valence-corrected chi connectivity index (χ1v) is 6.21. The van der Waals surface area contributed by atoms with E-state index in [1.807, 2.05) is 25.1 Å². The van der Waals surface area contributed by atoms with Crippen molar-refractivity contribution in [2.24, 2.45) is 7.05 Å². The molecule has 0 fully saturated rings. The predicted molar refractivity (Wildman–Crippen MR) is 71.7 cm³/mol. The number of hydrogen-bond acceptors (Lipinski definition) is 4. The molecule has 0 spiro atoms. The highest BCUT2D eigenvalue weighted by Gasteiger charge is 2.12. The molecule has 0 atom stereocenters. The van der Waals surface area contributed by atoms with Gasteiger partial charge in [-0.15, -0.1) is 5.10 Å². The first-order valence-electron chi connectivity index (χ1n) is 6.21. The molecule has 19 heavy (non-hydrogen) atoms. The van der Waals surface area contributed by atoms with Gasteiger partial charge in [0, 0.05) is 12.7 Å². The maximum absolute atomic E-state index is 12.0.